The zero-order chi connectivity index (χ0) is 18.9. The molecule has 0 spiro atoms. The predicted octanol–water partition coefficient (Wildman–Crippen LogP) is 3.26. The van der Waals surface area contributed by atoms with Crippen LogP contribution < -0.4 is 5.32 Å². The smallest absolute Gasteiger partial charge is 0.221 e. The Bertz CT molecular complexity index is 1290. The summed E-state index contributed by atoms with van der Waals surface area (Å²) in [4.78, 5) is 17.8. The fourth-order valence-electron chi connectivity index (χ4n) is 3.06. The first kappa shape index (κ1) is 16.2. The van der Waals surface area contributed by atoms with Gasteiger partial charge in [0, 0.05) is 17.3 Å². The van der Waals surface area contributed by atoms with Gasteiger partial charge in [-0.3, -0.25) is 4.98 Å². The summed E-state index contributed by atoms with van der Waals surface area (Å²) in [5.74, 6) is 1.31. The Hall–Kier alpha value is -3.94. The molecule has 1 N–H and O–H groups in total. The number of pyridine rings is 2. The average Bonchev–Trinajstić information content (AvgIpc) is 3.10. The van der Waals surface area contributed by atoms with Gasteiger partial charge in [0.1, 0.15) is 5.82 Å². The first-order valence-electron chi connectivity index (χ1n) is 8.85. The van der Waals surface area contributed by atoms with Gasteiger partial charge in [-0.15, -0.1) is 5.10 Å². The van der Waals surface area contributed by atoms with Crippen molar-refractivity contribution in [3.63, 3.8) is 0 Å². The number of nitrogens with one attached hydrogen (secondary N) is 1. The lowest BCUT2D eigenvalue weighted by Crippen LogP contribution is -2.04. The third-order valence-corrected chi connectivity index (χ3v) is 4.37. The predicted molar refractivity (Wildman–Crippen MR) is 106 cm³/mol. The number of nitrogens with zero attached hydrogens (tertiary/aromatic N) is 7. The van der Waals surface area contributed by atoms with E-state index in [-0.39, 0.29) is 0 Å². The highest BCUT2D eigenvalue weighted by Crippen LogP contribution is 2.17. The molecule has 136 valence electrons. The van der Waals surface area contributed by atoms with Gasteiger partial charge in [-0.2, -0.15) is 0 Å². The maximum atomic E-state index is 4.63. The van der Waals surface area contributed by atoms with E-state index >= 15 is 0 Å². The minimum atomic E-state index is 0.505. The molecule has 28 heavy (non-hydrogen) atoms. The number of benzene rings is 1. The summed E-state index contributed by atoms with van der Waals surface area (Å²) in [7, 11) is 0. The maximum absolute atomic E-state index is 4.63. The molecule has 0 radical (unpaired) electrons. The number of rotatable bonds is 4. The van der Waals surface area contributed by atoms with Gasteiger partial charge in [0.05, 0.1) is 18.3 Å². The van der Waals surface area contributed by atoms with Gasteiger partial charge in [0.2, 0.25) is 5.65 Å². The number of hydrogen-bond donors (Lipinski definition) is 1. The number of aromatic nitrogens is 7. The van der Waals surface area contributed by atoms with Crippen molar-refractivity contribution in [3.05, 3.63) is 72.2 Å². The topological polar surface area (TPSA) is 94.3 Å². The van der Waals surface area contributed by atoms with Crippen LogP contribution in [0.5, 0.6) is 0 Å². The van der Waals surface area contributed by atoms with Crippen molar-refractivity contribution in [1.29, 1.82) is 0 Å². The molecule has 1 aromatic carbocycles. The lowest BCUT2D eigenvalue weighted by molar-refractivity contribution is 0.664. The average molecular weight is 368 g/mol. The second-order valence-corrected chi connectivity index (χ2v) is 6.47. The number of hydrogen-bond acceptors (Lipinski definition) is 7. The highest BCUT2D eigenvalue weighted by Gasteiger charge is 2.10. The molecule has 4 heterocycles. The molecule has 0 unspecified atom stereocenters. The van der Waals surface area contributed by atoms with Crippen LogP contribution in [0.3, 0.4) is 0 Å². The highest BCUT2D eigenvalue weighted by molar-refractivity contribution is 5.79. The first-order chi connectivity index (χ1) is 13.7. The number of anilines is 2. The quantitative estimate of drug-likeness (QED) is 0.520. The minimum absolute atomic E-state index is 0.505. The van der Waals surface area contributed by atoms with Crippen LogP contribution in [0.2, 0.25) is 0 Å². The van der Waals surface area contributed by atoms with E-state index in [1.165, 1.54) is 0 Å². The second kappa shape index (κ2) is 6.66. The summed E-state index contributed by atoms with van der Waals surface area (Å²) in [5.41, 5.74) is 4.10. The molecule has 8 nitrogen and oxygen atoms in total. The van der Waals surface area contributed by atoms with Gasteiger partial charge in [0.15, 0.2) is 11.5 Å². The van der Waals surface area contributed by atoms with Gasteiger partial charge in [-0.1, -0.05) is 23.4 Å². The van der Waals surface area contributed by atoms with E-state index in [1.807, 2.05) is 49.4 Å². The fourth-order valence-corrected chi connectivity index (χ4v) is 3.06. The molecule has 5 aromatic rings. The fraction of sp³-hybridized carbons (Fsp3) is 0.100. The summed E-state index contributed by atoms with van der Waals surface area (Å²) in [5, 5.41) is 12.6. The first-order valence-corrected chi connectivity index (χ1v) is 8.85. The molecule has 5 rings (SSSR count). The summed E-state index contributed by atoms with van der Waals surface area (Å²) < 4.78 is 1.74. The van der Waals surface area contributed by atoms with E-state index in [0.717, 1.165) is 28.0 Å². The van der Waals surface area contributed by atoms with E-state index in [1.54, 1.807) is 17.1 Å². The van der Waals surface area contributed by atoms with Gasteiger partial charge in [0.25, 0.3) is 0 Å². The summed E-state index contributed by atoms with van der Waals surface area (Å²) >= 11 is 0. The summed E-state index contributed by atoms with van der Waals surface area (Å²) in [6.45, 7) is 2.49. The molecule has 0 fully saturated rings. The Kier molecular flexibility index (Phi) is 3.86. The molecule has 8 heteroatoms. The Morgan fingerprint density at radius 2 is 1.93 bits per heavy atom. The van der Waals surface area contributed by atoms with Crippen LogP contribution >= 0.6 is 0 Å². The third-order valence-electron chi connectivity index (χ3n) is 4.37. The van der Waals surface area contributed by atoms with Crippen LogP contribution in [-0.4, -0.2) is 34.9 Å². The maximum Gasteiger partial charge on any atom is 0.221 e. The van der Waals surface area contributed by atoms with Gasteiger partial charge >= 0.3 is 0 Å². The monoisotopic (exact) mass is 368 g/mol. The number of aryl methyl sites for hydroxylation is 1. The zero-order valence-electron chi connectivity index (χ0n) is 15.1. The number of fused-ring (bicyclic) bond motifs is 2. The van der Waals surface area contributed by atoms with Crippen molar-refractivity contribution in [2.45, 2.75) is 13.5 Å². The summed E-state index contributed by atoms with van der Waals surface area (Å²) in [6, 6.07) is 15.9. The van der Waals surface area contributed by atoms with Gasteiger partial charge in [-0.05, 0) is 42.8 Å². The van der Waals surface area contributed by atoms with Crippen LogP contribution in [0.1, 0.15) is 11.3 Å². The third kappa shape index (κ3) is 3.11. The summed E-state index contributed by atoms with van der Waals surface area (Å²) in [6.07, 6.45) is 3.42. The van der Waals surface area contributed by atoms with Crippen molar-refractivity contribution in [2.24, 2.45) is 0 Å². The molecule has 0 aliphatic heterocycles. The Morgan fingerprint density at radius 3 is 2.86 bits per heavy atom. The van der Waals surface area contributed by atoms with Gasteiger partial charge in [-0.25, -0.2) is 19.6 Å². The van der Waals surface area contributed by atoms with E-state index in [9.17, 15) is 0 Å². The molecule has 0 saturated carbocycles. The minimum Gasteiger partial charge on any atom is -0.324 e. The van der Waals surface area contributed by atoms with E-state index in [4.69, 9.17) is 0 Å². The normalized spacial score (nSPS) is 11.2. The van der Waals surface area contributed by atoms with Crippen LogP contribution in [0.25, 0.3) is 22.2 Å². The molecular weight excluding hydrogens is 352 g/mol. The van der Waals surface area contributed by atoms with Crippen molar-refractivity contribution < 1.29 is 0 Å². The van der Waals surface area contributed by atoms with Crippen LogP contribution in [0.15, 0.2) is 60.9 Å². The molecule has 4 aromatic heterocycles. The van der Waals surface area contributed by atoms with Gasteiger partial charge < -0.3 is 5.32 Å². The Morgan fingerprint density at radius 1 is 0.964 bits per heavy atom. The lowest BCUT2D eigenvalue weighted by atomic mass is 10.1. The van der Waals surface area contributed by atoms with Crippen molar-refractivity contribution >= 4 is 33.8 Å². The molecule has 0 aliphatic carbocycles. The SMILES string of the molecule is Cc1cccc(Nc2cnc3nnn(Cc4ccc5ncccc5c4)c3n2)n1. The Labute approximate surface area is 160 Å². The second-order valence-electron chi connectivity index (χ2n) is 6.47. The van der Waals surface area contributed by atoms with E-state index < -0.39 is 0 Å². The molecule has 0 amide bonds. The van der Waals surface area contributed by atoms with Crippen molar-refractivity contribution in [2.75, 3.05) is 5.32 Å². The molecular formula is C20H16N8. The van der Waals surface area contributed by atoms with Crippen LogP contribution in [-0.2, 0) is 6.54 Å². The van der Waals surface area contributed by atoms with Crippen molar-refractivity contribution in [1.82, 2.24) is 34.9 Å². The molecule has 0 saturated heterocycles. The van der Waals surface area contributed by atoms with Crippen LogP contribution in [0, 0.1) is 6.92 Å². The largest absolute Gasteiger partial charge is 0.324 e. The molecule has 0 atom stereocenters. The van der Waals surface area contributed by atoms with E-state index in [2.05, 4.69) is 41.6 Å². The highest BCUT2D eigenvalue weighted by atomic mass is 15.5. The zero-order valence-corrected chi connectivity index (χ0v) is 15.1. The molecule has 0 aliphatic rings. The lowest BCUT2D eigenvalue weighted by Gasteiger charge is -2.06. The van der Waals surface area contributed by atoms with E-state index in [0.29, 0.717) is 23.7 Å². The van der Waals surface area contributed by atoms with Crippen LogP contribution in [0.4, 0.5) is 11.6 Å². The Balaban J connectivity index is 1.47. The molecule has 0 bridgehead atoms. The van der Waals surface area contributed by atoms with Crippen molar-refractivity contribution in [3.8, 4) is 0 Å². The standard InChI is InChI=1S/C20H16N8/c1-13-4-2-6-17(23-13)24-18-11-22-19-20(25-18)28(27-26-19)12-14-7-8-16-15(10-14)5-3-9-21-16/h2-11H,12H2,1H3,(H,23,24,25).